The Morgan fingerprint density at radius 1 is 1.00 bits per heavy atom. The van der Waals surface area contributed by atoms with Crippen LogP contribution in [0.3, 0.4) is 0 Å². The van der Waals surface area contributed by atoms with E-state index in [1.165, 1.54) is 0 Å². The fourth-order valence-electron chi connectivity index (χ4n) is 4.78. The van der Waals surface area contributed by atoms with E-state index in [0.29, 0.717) is 12.2 Å². The predicted octanol–water partition coefficient (Wildman–Crippen LogP) is 4.34. The molecule has 1 fully saturated rings. The molecular formula is C31H37N3O6. The molecule has 0 spiro atoms. The van der Waals surface area contributed by atoms with Crippen LogP contribution in [-0.2, 0) is 32.1 Å². The highest BCUT2D eigenvalue weighted by Crippen LogP contribution is 2.42. The first kappa shape index (κ1) is 29.4. The van der Waals surface area contributed by atoms with Gasteiger partial charge in [0.1, 0.15) is 0 Å². The number of carboxylic acid groups (broad SMARTS) is 1. The van der Waals surface area contributed by atoms with Crippen molar-refractivity contribution in [3.63, 3.8) is 0 Å². The van der Waals surface area contributed by atoms with Crippen molar-refractivity contribution in [3.05, 3.63) is 95.3 Å². The zero-order valence-corrected chi connectivity index (χ0v) is 22.9. The van der Waals surface area contributed by atoms with Gasteiger partial charge in [0.05, 0.1) is 25.2 Å². The highest BCUT2D eigenvalue weighted by atomic mass is 16.7. The lowest BCUT2D eigenvalue weighted by Crippen LogP contribution is -2.44. The number of nitrogens with zero attached hydrogens (tertiary/aromatic N) is 2. The van der Waals surface area contributed by atoms with E-state index in [1.807, 2.05) is 54.6 Å². The highest BCUT2D eigenvalue weighted by Gasteiger charge is 2.38. The van der Waals surface area contributed by atoms with E-state index >= 15 is 0 Å². The number of likely N-dealkylation sites (N-methyl/N-ethyl adjacent to an activating group) is 1. The van der Waals surface area contributed by atoms with Crippen LogP contribution < -0.4 is 5.32 Å². The third-order valence-electron chi connectivity index (χ3n) is 7.10. The molecule has 1 saturated heterocycles. The van der Waals surface area contributed by atoms with Gasteiger partial charge in [0.2, 0.25) is 5.91 Å². The summed E-state index contributed by atoms with van der Waals surface area (Å²) in [6.45, 7) is 3.60. The van der Waals surface area contributed by atoms with Gasteiger partial charge in [-0.3, -0.25) is 14.6 Å². The van der Waals surface area contributed by atoms with Gasteiger partial charge in [0.25, 0.3) is 0 Å². The molecule has 4 rings (SSSR count). The summed E-state index contributed by atoms with van der Waals surface area (Å²) in [6.07, 6.45) is 1.21. The summed E-state index contributed by atoms with van der Waals surface area (Å²) < 4.78 is 13.1. The fraction of sp³-hybridized carbons (Fsp3) is 0.387. The molecule has 0 aliphatic carbocycles. The van der Waals surface area contributed by atoms with E-state index in [0.717, 1.165) is 35.3 Å². The molecule has 1 aliphatic rings. The minimum absolute atomic E-state index is 0.0260. The second-order valence-corrected chi connectivity index (χ2v) is 10.2. The van der Waals surface area contributed by atoms with Gasteiger partial charge in [-0.1, -0.05) is 49.4 Å². The zero-order chi connectivity index (χ0) is 28.5. The van der Waals surface area contributed by atoms with Crippen molar-refractivity contribution in [3.8, 4) is 0 Å². The lowest BCUT2D eigenvalue weighted by Gasteiger charge is -2.42. The highest BCUT2D eigenvalue weighted by molar-refractivity contribution is 5.92. The number of pyridine rings is 1. The first-order chi connectivity index (χ1) is 19.3. The minimum Gasteiger partial charge on any atom is -0.481 e. The summed E-state index contributed by atoms with van der Waals surface area (Å²) in [5, 5.41) is 21.1. The van der Waals surface area contributed by atoms with Crippen LogP contribution in [0, 0.1) is 5.92 Å². The van der Waals surface area contributed by atoms with Crippen molar-refractivity contribution in [1.82, 2.24) is 9.88 Å². The van der Waals surface area contributed by atoms with Crippen molar-refractivity contribution in [2.45, 2.75) is 51.3 Å². The lowest BCUT2D eigenvalue weighted by atomic mass is 9.90. The zero-order valence-electron chi connectivity index (χ0n) is 22.9. The van der Waals surface area contributed by atoms with Gasteiger partial charge in [0, 0.05) is 55.0 Å². The standard InChI is InChI=1S/C31H37N3O6/c1-21-27(19-34(2)17-15-25-7-3-4-16-32-25)39-31(40-30(21)23-11-9-22(20-35)10-12-23)24-6-5-8-26(18-24)33-28(36)13-14-29(37)38/h3-12,16,18,21,27,30-31,35H,13-15,17,19-20H2,1-2H3,(H,33,36)(H,37,38)/t21-,27+,30+,31+/m1/s1. The van der Waals surface area contributed by atoms with E-state index in [4.69, 9.17) is 14.6 Å². The number of rotatable bonds is 12. The van der Waals surface area contributed by atoms with Crippen LogP contribution in [0.25, 0.3) is 0 Å². The third-order valence-corrected chi connectivity index (χ3v) is 7.10. The van der Waals surface area contributed by atoms with Gasteiger partial charge in [-0.2, -0.15) is 0 Å². The molecule has 1 aromatic heterocycles. The Bertz CT molecular complexity index is 1250. The quantitative estimate of drug-likeness (QED) is 0.306. The molecule has 40 heavy (non-hydrogen) atoms. The summed E-state index contributed by atoms with van der Waals surface area (Å²) in [5.41, 5.74) is 4.17. The second-order valence-electron chi connectivity index (χ2n) is 10.2. The Morgan fingerprint density at radius 2 is 1.80 bits per heavy atom. The number of carbonyl (C=O) groups is 2. The van der Waals surface area contributed by atoms with Gasteiger partial charge in [0.15, 0.2) is 6.29 Å². The average molecular weight is 548 g/mol. The number of carbonyl (C=O) groups excluding carboxylic acids is 1. The smallest absolute Gasteiger partial charge is 0.303 e. The summed E-state index contributed by atoms with van der Waals surface area (Å²) in [5.74, 6) is -1.35. The number of benzene rings is 2. The molecule has 9 nitrogen and oxygen atoms in total. The maximum Gasteiger partial charge on any atom is 0.303 e. The van der Waals surface area contributed by atoms with Crippen molar-refractivity contribution >= 4 is 17.6 Å². The number of ether oxygens (including phenoxy) is 2. The predicted molar refractivity (Wildman–Crippen MR) is 150 cm³/mol. The minimum atomic E-state index is -1.02. The molecule has 0 saturated carbocycles. The number of carboxylic acids is 1. The molecule has 1 amide bonds. The van der Waals surface area contributed by atoms with Crippen LogP contribution in [0.4, 0.5) is 5.69 Å². The monoisotopic (exact) mass is 547 g/mol. The molecule has 2 heterocycles. The number of aliphatic carboxylic acids is 1. The fourth-order valence-corrected chi connectivity index (χ4v) is 4.78. The van der Waals surface area contributed by atoms with Crippen molar-refractivity contribution in [2.24, 2.45) is 5.92 Å². The van der Waals surface area contributed by atoms with Gasteiger partial charge in [-0.15, -0.1) is 0 Å². The summed E-state index contributed by atoms with van der Waals surface area (Å²) >= 11 is 0. The molecule has 2 aromatic carbocycles. The van der Waals surface area contributed by atoms with Crippen LogP contribution >= 0.6 is 0 Å². The molecule has 1 aliphatic heterocycles. The Labute approximate surface area is 234 Å². The van der Waals surface area contributed by atoms with E-state index in [2.05, 4.69) is 29.2 Å². The Balaban J connectivity index is 1.51. The van der Waals surface area contributed by atoms with Gasteiger partial charge >= 0.3 is 5.97 Å². The number of aliphatic hydroxyl groups excluding tert-OH is 1. The van der Waals surface area contributed by atoms with Crippen LogP contribution in [0.1, 0.15) is 54.5 Å². The Kier molecular flexibility index (Phi) is 10.4. The number of hydrogen-bond acceptors (Lipinski definition) is 7. The molecular weight excluding hydrogens is 510 g/mol. The van der Waals surface area contributed by atoms with E-state index in [-0.39, 0.29) is 43.5 Å². The number of hydrogen-bond donors (Lipinski definition) is 3. The topological polar surface area (TPSA) is 121 Å². The molecule has 9 heteroatoms. The van der Waals surface area contributed by atoms with Crippen molar-refractivity contribution in [1.29, 1.82) is 0 Å². The molecule has 3 N–H and O–H groups in total. The van der Waals surface area contributed by atoms with E-state index in [1.54, 1.807) is 18.3 Å². The molecule has 0 radical (unpaired) electrons. The van der Waals surface area contributed by atoms with E-state index in [9.17, 15) is 14.7 Å². The van der Waals surface area contributed by atoms with Gasteiger partial charge in [-0.05, 0) is 42.4 Å². The van der Waals surface area contributed by atoms with E-state index < -0.39 is 12.3 Å². The van der Waals surface area contributed by atoms with Crippen LogP contribution in [0.2, 0.25) is 0 Å². The number of nitrogens with one attached hydrogen (secondary N) is 1. The second kappa shape index (κ2) is 14.1. The van der Waals surface area contributed by atoms with Crippen LogP contribution in [-0.4, -0.2) is 58.2 Å². The third kappa shape index (κ3) is 8.19. The summed E-state index contributed by atoms with van der Waals surface area (Å²) in [6, 6.07) is 20.9. The lowest BCUT2D eigenvalue weighted by molar-refractivity contribution is -0.275. The van der Waals surface area contributed by atoms with Gasteiger partial charge in [-0.25, -0.2) is 0 Å². The number of aromatic nitrogens is 1. The largest absolute Gasteiger partial charge is 0.481 e. The summed E-state index contributed by atoms with van der Waals surface area (Å²) in [7, 11) is 2.07. The maximum absolute atomic E-state index is 12.2. The van der Waals surface area contributed by atoms with Crippen molar-refractivity contribution in [2.75, 3.05) is 25.5 Å². The SMILES string of the molecule is C[C@@H]1[C@H](CN(C)CCc2ccccn2)O[C@H](c2cccc(NC(=O)CCC(=O)O)c2)O[C@@H]1c1ccc(CO)cc1. The Hall–Kier alpha value is -3.63. The maximum atomic E-state index is 12.2. The van der Waals surface area contributed by atoms with Crippen LogP contribution in [0.5, 0.6) is 0 Å². The summed E-state index contributed by atoms with van der Waals surface area (Å²) in [4.78, 5) is 29.7. The number of amides is 1. The number of aliphatic hydroxyl groups is 1. The molecule has 212 valence electrons. The Morgan fingerprint density at radius 3 is 2.50 bits per heavy atom. The van der Waals surface area contributed by atoms with Crippen LogP contribution in [0.15, 0.2) is 72.9 Å². The number of anilines is 1. The van der Waals surface area contributed by atoms with Gasteiger partial charge < -0.3 is 29.9 Å². The molecule has 4 atom stereocenters. The first-order valence-corrected chi connectivity index (χ1v) is 13.5. The van der Waals surface area contributed by atoms with Crippen molar-refractivity contribution < 1.29 is 29.3 Å². The average Bonchev–Trinajstić information content (AvgIpc) is 2.97. The molecule has 3 aromatic rings. The molecule has 0 unspecified atom stereocenters. The normalized spacial score (nSPS) is 20.8. The molecule has 0 bridgehead atoms. The first-order valence-electron chi connectivity index (χ1n) is 13.5.